The molecule has 1 fully saturated rings. The molecule has 0 aromatic carbocycles. The average Bonchev–Trinajstić information content (AvgIpc) is 2.05. The van der Waals surface area contributed by atoms with Gasteiger partial charge < -0.3 is 0 Å². The van der Waals surface area contributed by atoms with Crippen molar-refractivity contribution in [3.63, 3.8) is 0 Å². The van der Waals surface area contributed by atoms with Gasteiger partial charge in [0.25, 0.3) is 0 Å². The van der Waals surface area contributed by atoms with Crippen molar-refractivity contribution in [2.45, 2.75) is 38.1 Å². The van der Waals surface area contributed by atoms with Gasteiger partial charge in [-0.15, -0.1) is 0 Å². The molecule has 60 valence electrons. The lowest BCUT2D eigenvalue weighted by atomic mass is 9.96. The molecule has 0 aliphatic heterocycles. The van der Waals surface area contributed by atoms with Gasteiger partial charge in [-0.3, -0.25) is 4.31 Å². The minimum absolute atomic E-state index is 0.865. The monoisotopic (exact) mass is 159 g/mol. The maximum Gasteiger partial charge on any atom is 0.0199 e. The normalized spacial score (nSPS) is 21.9. The van der Waals surface area contributed by atoms with E-state index >= 15 is 0 Å². The van der Waals surface area contributed by atoms with Gasteiger partial charge in [-0.2, -0.15) is 0 Å². The molecule has 10 heavy (non-hydrogen) atoms. The van der Waals surface area contributed by atoms with Crippen molar-refractivity contribution >= 4 is 11.9 Å². The highest BCUT2D eigenvalue weighted by atomic mass is 32.2. The molecule has 2 heteroatoms. The van der Waals surface area contributed by atoms with Crippen LogP contribution in [-0.4, -0.2) is 23.7 Å². The third-order valence-electron chi connectivity index (χ3n) is 2.38. The number of nitrogens with zero attached hydrogens (tertiary/aromatic N) is 1. The van der Waals surface area contributed by atoms with Crippen molar-refractivity contribution in [1.82, 2.24) is 4.31 Å². The minimum atomic E-state index is 0.865. The Morgan fingerprint density at radius 2 is 1.80 bits per heavy atom. The van der Waals surface area contributed by atoms with Gasteiger partial charge in [0.2, 0.25) is 0 Å². The largest absolute Gasteiger partial charge is 0.251 e. The van der Waals surface area contributed by atoms with Crippen molar-refractivity contribution < 1.29 is 0 Å². The van der Waals surface area contributed by atoms with Gasteiger partial charge in [-0.25, -0.2) is 0 Å². The van der Waals surface area contributed by atoms with Crippen LogP contribution >= 0.6 is 11.9 Å². The molecule has 1 rings (SSSR count). The first kappa shape index (κ1) is 8.41. The lowest BCUT2D eigenvalue weighted by molar-refractivity contribution is 0.306. The van der Waals surface area contributed by atoms with Crippen molar-refractivity contribution in [2.75, 3.05) is 13.3 Å². The van der Waals surface area contributed by atoms with E-state index in [-0.39, 0.29) is 0 Å². The van der Waals surface area contributed by atoms with E-state index in [0.717, 1.165) is 6.04 Å². The number of hydrogen-bond donors (Lipinski definition) is 0. The third kappa shape index (κ3) is 2.17. The zero-order valence-corrected chi connectivity index (χ0v) is 7.78. The van der Waals surface area contributed by atoms with Crippen LogP contribution in [0.25, 0.3) is 0 Å². The summed E-state index contributed by atoms with van der Waals surface area (Å²) in [6, 6.07) is 0.865. The summed E-state index contributed by atoms with van der Waals surface area (Å²) in [6.45, 7) is 0. The SMILES string of the molecule is CSN(C)C1CCCCC1. The molecule has 1 nitrogen and oxygen atoms in total. The van der Waals surface area contributed by atoms with E-state index < -0.39 is 0 Å². The molecule has 0 spiro atoms. The Labute approximate surface area is 68.3 Å². The van der Waals surface area contributed by atoms with Crippen LogP contribution in [0.1, 0.15) is 32.1 Å². The van der Waals surface area contributed by atoms with E-state index in [0.29, 0.717) is 0 Å². The Morgan fingerprint density at radius 3 is 2.30 bits per heavy atom. The summed E-state index contributed by atoms with van der Waals surface area (Å²) in [6.07, 6.45) is 9.33. The molecule has 0 aromatic heterocycles. The van der Waals surface area contributed by atoms with Crippen LogP contribution in [-0.2, 0) is 0 Å². The molecule has 0 atom stereocenters. The van der Waals surface area contributed by atoms with Gasteiger partial charge in [0, 0.05) is 6.04 Å². The third-order valence-corrected chi connectivity index (χ3v) is 3.25. The highest BCUT2D eigenvalue weighted by Gasteiger charge is 2.16. The zero-order chi connectivity index (χ0) is 7.40. The Morgan fingerprint density at radius 1 is 1.20 bits per heavy atom. The predicted molar refractivity (Wildman–Crippen MR) is 48.2 cm³/mol. The Kier molecular flexibility index (Phi) is 3.57. The van der Waals surface area contributed by atoms with E-state index in [2.05, 4.69) is 17.6 Å². The highest BCUT2D eigenvalue weighted by Crippen LogP contribution is 2.24. The van der Waals surface area contributed by atoms with E-state index in [1.165, 1.54) is 32.1 Å². The van der Waals surface area contributed by atoms with Gasteiger partial charge >= 0.3 is 0 Å². The van der Waals surface area contributed by atoms with Crippen LogP contribution in [0, 0.1) is 0 Å². The summed E-state index contributed by atoms with van der Waals surface area (Å²) in [5.74, 6) is 0. The molecule has 0 radical (unpaired) electrons. The first-order chi connectivity index (χ1) is 4.84. The number of hydrogen-bond acceptors (Lipinski definition) is 2. The molecule has 0 bridgehead atoms. The summed E-state index contributed by atoms with van der Waals surface area (Å²) >= 11 is 1.86. The first-order valence-corrected chi connectivity index (χ1v) is 5.29. The maximum absolute atomic E-state index is 2.40. The molecule has 1 aliphatic carbocycles. The van der Waals surface area contributed by atoms with Crippen LogP contribution in [0.4, 0.5) is 0 Å². The summed E-state index contributed by atoms with van der Waals surface area (Å²) in [7, 11) is 2.21. The van der Waals surface area contributed by atoms with Gasteiger partial charge in [0.05, 0.1) is 0 Å². The Bertz CT molecular complexity index is 89.3. The van der Waals surface area contributed by atoms with E-state index in [9.17, 15) is 0 Å². The quantitative estimate of drug-likeness (QED) is 0.570. The van der Waals surface area contributed by atoms with Crippen molar-refractivity contribution in [2.24, 2.45) is 0 Å². The van der Waals surface area contributed by atoms with Crippen molar-refractivity contribution in [1.29, 1.82) is 0 Å². The summed E-state index contributed by atoms with van der Waals surface area (Å²) in [4.78, 5) is 0. The summed E-state index contributed by atoms with van der Waals surface area (Å²) in [5.41, 5.74) is 0. The minimum Gasteiger partial charge on any atom is -0.251 e. The second kappa shape index (κ2) is 4.24. The lowest BCUT2D eigenvalue weighted by Crippen LogP contribution is -2.27. The second-order valence-electron chi connectivity index (χ2n) is 3.02. The van der Waals surface area contributed by atoms with E-state index in [1.807, 2.05) is 11.9 Å². The van der Waals surface area contributed by atoms with Crippen molar-refractivity contribution in [3.8, 4) is 0 Å². The average molecular weight is 159 g/mol. The van der Waals surface area contributed by atoms with Crippen LogP contribution in [0.2, 0.25) is 0 Å². The fraction of sp³-hybridized carbons (Fsp3) is 1.00. The smallest absolute Gasteiger partial charge is 0.0199 e. The van der Waals surface area contributed by atoms with E-state index in [4.69, 9.17) is 0 Å². The van der Waals surface area contributed by atoms with E-state index in [1.54, 1.807) is 0 Å². The summed E-state index contributed by atoms with van der Waals surface area (Å²) < 4.78 is 2.40. The number of rotatable bonds is 2. The molecule has 0 aromatic rings. The molecule has 0 amide bonds. The van der Waals surface area contributed by atoms with Crippen LogP contribution < -0.4 is 0 Å². The Balaban J connectivity index is 2.24. The van der Waals surface area contributed by atoms with Gasteiger partial charge in [-0.1, -0.05) is 31.2 Å². The molecular weight excluding hydrogens is 142 g/mol. The topological polar surface area (TPSA) is 3.24 Å². The van der Waals surface area contributed by atoms with Gasteiger partial charge in [0.1, 0.15) is 0 Å². The van der Waals surface area contributed by atoms with Gasteiger partial charge in [0.15, 0.2) is 0 Å². The fourth-order valence-electron chi connectivity index (χ4n) is 1.59. The Hall–Kier alpha value is 0.310. The van der Waals surface area contributed by atoms with Gasteiger partial charge in [-0.05, 0) is 26.1 Å². The standard InChI is InChI=1S/C8H17NS/c1-9(10-2)8-6-4-3-5-7-8/h8H,3-7H2,1-2H3. The predicted octanol–water partition coefficient (Wildman–Crippen LogP) is 2.53. The molecule has 1 aliphatic rings. The molecular formula is C8H17NS. The van der Waals surface area contributed by atoms with Crippen molar-refractivity contribution in [3.05, 3.63) is 0 Å². The first-order valence-electron chi connectivity index (χ1n) is 4.11. The fourth-order valence-corrected chi connectivity index (χ4v) is 2.10. The zero-order valence-electron chi connectivity index (χ0n) is 6.97. The molecule has 0 unspecified atom stereocenters. The molecule has 1 saturated carbocycles. The van der Waals surface area contributed by atoms with Crippen LogP contribution in [0.15, 0.2) is 0 Å². The lowest BCUT2D eigenvalue weighted by Gasteiger charge is -2.28. The second-order valence-corrected chi connectivity index (χ2v) is 3.96. The highest BCUT2D eigenvalue weighted by molar-refractivity contribution is 7.96. The molecule has 0 N–H and O–H groups in total. The summed E-state index contributed by atoms with van der Waals surface area (Å²) in [5, 5.41) is 0. The van der Waals surface area contributed by atoms with Crippen LogP contribution in [0.5, 0.6) is 0 Å². The van der Waals surface area contributed by atoms with Crippen LogP contribution in [0.3, 0.4) is 0 Å². The molecule has 0 saturated heterocycles. The molecule has 0 heterocycles. The maximum atomic E-state index is 2.40.